The summed E-state index contributed by atoms with van der Waals surface area (Å²) in [4.78, 5) is 0. The van der Waals surface area contributed by atoms with Gasteiger partial charge in [-0.2, -0.15) is 0 Å². The molecule has 0 heterocycles. The molecule has 1 aliphatic rings. The van der Waals surface area contributed by atoms with Gasteiger partial charge in [0.2, 0.25) is 0 Å². The van der Waals surface area contributed by atoms with Gasteiger partial charge < -0.3 is 9.47 Å². The molecule has 0 bridgehead atoms. The zero-order valence-corrected chi connectivity index (χ0v) is 12.4. The molecule has 0 saturated heterocycles. The highest BCUT2D eigenvalue weighted by Crippen LogP contribution is 2.45. The molecule has 0 N–H and O–H groups in total. The number of rotatable bonds is 6. The predicted molar refractivity (Wildman–Crippen MR) is 73.7 cm³/mol. The van der Waals surface area contributed by atoms with Gasteiger partial charge in [-0.15, -0.1) is 0 Å². The molecule has 19 heavy (non-hydrogen) atoms. The lowest BCUT2D eigenvalue weighted by molar-refractivity contribution is -0.0388. The van der Waals surface area contributed by atoms with Crippen LogP contribution in [-0.4, -0.2) is 33.7 Å². The monoisotopic (exact) mass is 304 g/mol. The third kappa shape index (κ3) is 2.79. The zero-order chi connectivity index (χ0) is 14.1. The van der Waals surface area contributed by atoms with E-state index >= 15 is 0 Å². The lowest BCUT2D eigenvalue weighted by Crippen LogP contribution is -2.31. The molecule has 1 saturated carbocycles. The predicted octanol–water partition coefficient (Wildman–Crippen LogP) is 2.27. The summed E-state index contributed by atoms with van der Waals surface area (Å²) in [5.41, 5.74) is 0.578. The van der Waals surface area contributed by atoms with Crippen molar-refractivity contribution in [2.75, 3.05) is 13.9 Å². The molecule has 0 spiro atoms. The van der Waals surface area contributed by atoms with Crippen LogP contribution in [0.2, 0.25) is 0 Å². The highest BCUT2D eigenvalue weighted by Gasteiger charge is 2.56. The van der Waals surface area contributed by atoms with Crippen LogP contribution in [0, 0.1) is 0 Å². The Bertz CT molecular complexity index is 527. The first-order valence-corrected chi connectivity index (χ1v) is 7.92. The third-order valence-electron chi connectivity index (χ3n) is 3.30. The normalized spacial score (nSPS) is 25.8. The van der Waals surface area contributed by atoms with E-state index in [9.17, 15) is 8.42 Å². The molecule has 1 aliphatic carbocycles. The Morgan fingerprint density at radius 1 is 1.37 bits per heavy atom. The number of ether oxygens (including phenoxy) is 2. The van der Waals surface area contributed by atoms with Crippen LogP contribution < -0.4 is 0 Å². The van der Waals surface area contributed by atoms with Crippen molar-refractivity contribution in [1.82, 2.24) is 0 Å². The van der Waals surface area contributed by atoms with E-state index in [1.54, 1.807) is 24.3 Å². The largest absolute Gasteiger partial charge is 0.359 e. The fourth-order valence-electron chi connectivity index (χ4n) is 1.99. The summed E-state index contributed by atoms with van der Waals surface area (Å²) >= 11 is 6.31. The van der Waals surface area contributed by atoms with E-state index in [-0.39, 0.29) is 12.9 Å². The Balaban J connectivity index is 2.17. The second-order valence-electron chi connectivity index (χ2n) is 4.71. The van der Waals surface area contributed by atoms with Gasteiger partial charge in [-0.25, -0.2) is 8.42 Å². The highest BCUT2D eigenvalue weighted by atomic mass is 35.5. The van der Waals surface area contributed by atoms with Crippen LogP contribution >= 0.6 is 11.6 Å². The number of alkyl halides is 1. The quantitative estimate of drug-likeness (QED) is 0.597. The van der Waals surface area contributed by atoms with Crippen LogP contribution in [0.3, 0.4) is 0 Å². The van der Waals surface area contributed by atoms with Crippen molar-refractivity contribution in [1.29, 1.82) is 0 Å². The Morgan fingerprint density at radius 2 is 2.00 bits per heavy atom. The number of methoxy groups -OCH3 is 1. The zero-order valence-electron chi connectivity index (χ0n) is 10.9. The van der Waals surface area contributed by atoms with E-state index in [2.05, 4.69) is 0 Å². The molecular weight excluding hydrogens is 288 g/mol. The fraction of sp³-hybridized carbons (Fsp3) is 0.538. The molecule has 0 aliphatic heterocycles. The molecule has 1 fully saturated rings. The Morgan fingerprint density at radius 3 is 2.58 bits per heavy atom. The van der Waals surface area contributed by atoms with E-state index in [1.807, 2.05) is 6.07 Å². The molecule has 2 rings (SSSR count). The Labute approximate surface area is 118 Å². The van der Waals surface area contributed by atoms with Crippen molar-refractivity contribution in [3.63, 3.8) is 0 Å². The van der Waals surface area contributed by atoms with Gasteiger partial charge in [-0.05, 0) is 18.9 Å². The first kappa shape index (κ1) is 14.8. The van der Waals surface area contributed by atoms with Crippen molar-refractivity contribution in [3.8, 4) is 0 Å². The summed E-state index contributed by atoms with van der Waals surface area (Å²) in [5.74, 6) is 0. The summed E-state index contributed by atoms with van der Waals surface area (Å²) in [7, 11) is -2.01. The maximum atomic E-state index is 12.5. The standard InChI is InChI=1S/C13H17ClO4S/c1-13(14,10-6-4-3-5-7-10)19(15,16)12-8-11(12)18-9-17-2/h3-7,11-12H,8-9H2,1-2H3/t11-,12-,13?/m1/s1. The first-order valence-electron chi connectivity index (χ1n) is 5.99. The van der Waals surface area contributed by atoms with Crippen LogP contribution in [0.1, 0.15) is 18.9 Å². The first-order chi connectivity index (χ1) is 8.91. The van der Waals surface area contributed by atoms with E-state index in [1.165, 1.54) is 14.0 Å². The summed E-state index contributed by atoms with van der Waals surface area (Å²) < 4.78 is 33.7. The third-order valence-corrected chi connectivity index (χ3v) is 6.76. The van der Waals surface area contributed by atoms with Crippen LogP contribution in [0.5, 0.6) is 0 Å². The van der Waals surface area contributed by atoms with Crippen LogP contribution in [0.4, 0.5) is 0 Å². The van der Waals surface area contributed by atoms with Gasteiger partial charge in [0.15, 0.2) is 14.0 Å². The van der Waals surface area contributed by atoms with E-state index in [0.29, 0.717) is 12.0 Å². The van der Waals surface area contributed by atoms with Crippen molar-refractivity contribution < 1.29 is 17.9 Å². The Hall–Kier alpha value is -0.620. The second kappa shape index (κ2) is 5.40. The summed E-state index contributed by atoms with van der Waals surface area (Å²) in [6.45, 7) is 1.62. The van der Waals surface area contributed by atoms with Gasteiger partial charge in [-0.1, -0.05) is 41.9 Å². The van der Waals surface area contributed by atoms with Crippen molar-refractivity contribution in [2.24, 2.45) is 0 Å². The lowest BCUT2D eigenvalue weighted by atomic mass is 10.2. The van der Waals surface area contributed by atoms with Crippen molar-refractivity contribution in [3.05, 3.63) is 35.9 Å². The minimum Gasteiger partial charge on any atom is -0.359 e. The average molecular weight is 305 g/mol. The van der Waals surface area contributed by atoms with Crippen molar-refractivity contribution >= 4 is 21.4 Å². The van der Waals surface area contributed by atoms with Gasteiger partial charge in [0.1, 0.15) is 6.79 Å². The van der Waals surface area contributed by atoms with Crippen LogP contribution in [-0.2, 0) is 23.5 Å². The van der Waals surface area contributed by atoms with Gasteiger partial charge >= 0.3 is 0 Å². The number of benzene rings is 1. The van der Waals surface area contributed by atoms with Gasteiger partial charge in [-0.3, -0.25) is 0 Å². The topological polar surface area (TPSA) is 52.6 Å². The van der Waals surface area contributed by atoms with Crippen LogP contribution in [0.15, 0.2) is 30.3 Å². The molecule has 4 nitrogen and oxygen atoms in total. The minimum absolute atomic E-state index is 0.0982. The Kier molecular flexibility index (Phi) is 4.20. The fourth-order valence-corrected chi connectivity index (χ4v) is 4.42. The second-order valence-corrected chi connectivity index (χ2v) is 8.21. The van der Waals surface area contributed by atoms with Crippen molar-refractivity contribution in [2.45, 2.75) is 28.9 Å². The SMILES string of the molecule is COCO[C@@H]1C[C@H]1S(=O)(=O)C(C)(Cl)c1ccccc1. The van der Waals surface area contributed by atoms with E-state index in [4.69, 9.17) is 21.1 Å². The molecule has 1 aromatic carbocycles. The van der Waals surface area contributed by atoms with E-state index < -0.39 is 19.3 Å². The molecule has 106 valence electrons. The number of hydrogen-bond acceptors (Lipinski definition) is 4. The number of sulfone groups is 1. The molecular formula is C13H17ClO4S. The van der Waals surface area contributed by atoms with Gasteiger partial charge in [0, 0.05) is 7.11 Å². The van der Waals surface area contributed by atoms with E-state index in [0.717, 1.165) is 0 Å². The average Bonchev–Trinajstić information content (AvgIpc) is 3.17. The molecule has 3 atom stereocenters. The molecule has 0 amide bonds. The molecule has 1 unspecified atom stereocenters. The number of hydrogen-bond donors (Lipinski definition) is 0. The summed E-state index contributed by atoms with van der Waals surface area (Å²) in [5, 5.41) is -0.551. The minimum atomic E-state index is -3.51. The molecule has 1 aromatic rings. The smallest absolute Gasteiger partial charge is 0.179 e. The van der Waals surface area contributed by atoms with Crippen LogP contribution in [0.25, 0.3) is 0 Å². The highest BCUT2D eigenvalue weighted by molar-refractivity contribution is 7.94. The summed E-state index contributed by atoms with van der Waals surface area (Å²) in [6, 6.07) is 8.81. The number of halogens is 1. The molecule has 0 aromatic heterocycles. The lowest BCUT2D eigenvalue weighted by Gasteiger charge is -2.23. The summed E-state index contributed by atoms with van der Waals surface area (Å²) in [6.07, 6.45) is 0.160. The maximum absolute atomic E-state index is 12.5. The molecule has 0 radical (unpaired) electrons. The van der Waals surface area contributed by atoms with Gasteiger partial charge in [0.25, 0.3) is 0 Å². The molecule has 6 heteroatoms. The maximum Gasteiger partial charge on any atom is 0.179 e. The van der Waals surface area contributed by atoms with Gasteiger partial charge in [0.05, 0.1) is 11.4 Å².